The van der Waals surface area contributed by atoms with Crippen molar-refractivity contribution in [3.05, 3.63) is 40.0 Å². The maximum Gasteiger partial charge on any atom is 0.160 e. The number of nitrogens with one attached hydrogen (secondary N) is 1. The Morgan fingerprint density at radius 1 is 1.00 bits per heavy atom. The SMILES string of the molecule is Nc1ccc(Nc2ccccc2I)c2nonc12. The average Bonchev–Trinajstić information content (AvgIpc) is 2.85. The second-order valence-electron chi connectivity index (χ2n) is 3.77. The molecule has 0 unspecified atom stereocenters. The number of nitrogens with two attached hydrogens (primary N) is 1. The Balaban J connectivity index is 2.08. The number of aromatic nitrogens is 2. The maximum atomic E-state index is 5.80. The van der Waals surface area contributed by atoms with Crippen molar-refractivity contribution in [1.29, 1.82) is 0 Å². The summed E-state index contributed by atoms with van der Waals surface area (Å²) >= 11 is 2.27. The van der Waals surface area contributed by atoms with E-state index in [1.807, 2.05) is 30.3 Å². The van der Waals surface area contributed by atoms with Crippen LogP contribution in [0, 0.1) is 3.57 Å². The van der Waals surface area contributed by atoms with E-state index in [-0.39, 0.29) is 0 Å². The first-order valence-corrected chi connectivity index (χ1v) is 6.36. The first kappa shape index (κ1) is 11.3. The van der Waals surface area contributed by atoms with Gasteiger partial charge in [-0.2, -0.15) is 0 Å². The van der Waals surface area contributed by atoms with Crippen molar-refractivity contribution in [2.45, 2.75) is 0 Å². The number of hydrogen-bond acceptors (Lipinski definition) is 5. The zero-order chi connectivity index (χ0) is 12.5. The van der Waals surface area contributed by atoms with Gasteiger partial charge in [0.15, 0.2) is 11.0 Å². The van der Waals surface area contributed by atoms with E-state index in [1.165, 1.54) is 0 Å². The Bertz CT molecular complexity index is 710. The topological polar surface area (TPSA) is 77.0 Å². The molecule has 1 heterocycles. The fourth-order valence-corrected chi connectivity index (χ4v) is 2.22. The van der Waals surface area contributed by atoms with Gasteiger partial charge in [-0.3, -0.25) is 0 Å². The molecular formula is C12H9IN4O. The molecule has 0 fully saturated rings. The van der Waals surface area contributed by atoms with Crippen LogP contribution in [0.2, 0.25) is 0 Å². The van der Waals surface area contributed by atoms with Crippen molar-refractivity contribution in [3.63, 3.8) is 0 Å². The number of anilines is 3. The number of halogens is 1. The predicted octanol–water partition coefficient (Wildman–Crippen LogP) is 3.15. The Morgan fingerprint density at radius 3 is 2.61 bits per heavy atom. The molecule has 0 radical (unpaired) electrons. The molecule has 0 saturated heterocycles. The molecule has 0 bridgehead atoms. The van der Waals surface area contributed by atoms with Crippen LogP contribution in [0.25, 0.3) is 11.0 Å². The zero-order valence-corrected chi connectivity index (χ0v) is 11.4. The molecule has 2 aromatic carbocycles. The number of benzene rings is 2. The largest absolute Gasteiger partial charge is 0.397 e. The number of hydrogen-bond donors (Lipinski definition) is 2. The van der Waals surface area contributed by atoms with Gasteiger partial charge >= 0.3 is 0 Å². The van der Waals surface area contributed by atoms with E-state index < -0.39 is 0 Å². The van der Waals surface area contributed by atoms with Crippen LogP contribution < -0.4 is 11.1 Å². The van der Waals surface area contributed by atoms with Crippen molar-refractivity contribution >= 4 is 50.7 Å². The molecule has 0 aliphatic carbocycles. The number of nitrogen functional groups attached to an aromatic ring is 1. The Labute approximate surface area is 116 Å². The molecule has 3 aromatic rings. The van der Waals surface area contributed by atoms with Crippen molar-refractivity contribution in [2.24, 2.45) is 0 Å². The standard InChI is InChI=1S/C12H9IN4O/c13-7-3-1-2-4-9(7)15-10-6-5-8(14)11-12(10)17-18-16-11/h1-6,15H,14H2. The second kappa shape index (κ2) is 4.45. The summed E-state index contributed by atoms with van der Waals surface area (Å²) in [5, 5.41) is 11.0. The van der Waals surface area contributed by atoms with Gasteiger partial charge in [-0.05, 0) is 57.2 Å². The summed E-state index contributed by atoms with van der Waals surface area (Å²) in [5.74, 6) is 0. The molecule has 18 heavy (non-hydrogen) atoms. The minimum Gasteiger partial charge on any atom is -0.397 e. The molecule has 6 heteroatoms. The Hall–Kier alpha value is -1.83. The third-order valence-electron chi connectivity index (χ3n) is 2.59. The van der Waals surface area contributed by atoms with E-state index >= 15 is 0 Å². The van der Waals surface area contributed by atoms with Crippen molar-refractivity contribution < 1.29 is 4.63 Å². The van der Waals surface area contributed by atoms with Crippen LogP contribution in [-0.4, -0.2) is 10.3 Å². The monoisotopic (exact) mass is 352 g/mol. The highest BCUT2D eigenvalue weighted by Gasteiger charge is 2.10. The molecule has 90 valence electrons. The van der Waals surface area contributed by atoms with Crippen LogP contribution >= 0.6 is 22.6 Å². The summed E-state index contributed by atoms with van der Waals surface area (Å²) in [5.41, 5.74) is 9.40. The van der Waals surface area contributed by atoms with Crippen molar-refractivity contribution in [2.75, 3.05) is 11.1 Å². The van der Waals surface area contributed by atoms with Gasteiger partial charge in [-0.1, -0.05) is 12.1 Å². The fourth-order valence-electron chi connectivity index (χ4n) is 1.69. The van der Waals surface area contributed by atoms with E-state index in [2.05, 4.69) is 38.2 Å². The van der Waals surface area contributed by atoms with E-state index in [0.717, 1.165) is 14.9 Å². The van der Waals surface area contributed by atoms with Crippen LogP contribution in [-0.2, 0) is 0 Å². The van der Waals surface area contributed by atoms with Gasteiger partial charge in [-0.15, -0.1) is 0 Å². The number of para-hydroxylation sites is 1. The van der Waals surface area contributed by atoms with Gasteiger partial charge in [0.2, 0.25) is 0 Å². The van der Waals surface area contributed by atoms with E-state index in [4.69, 9.17) is 10.4 Å². The molecule has 0 aliphatic heterocycles. The molecule has 0 aliphatic rings. The third kappa shape index (κ3) is 1.88. The molecule has 1 aromatic heterocycles. The minimum absolute atomic E-state index is 0.555. The van der Waals surface area contributed by atoms with Crippen molar-refractivity contribution in [3.8, 4) is 0 Å². The van der Waals surface area contributed by atoms with Crippen LogP contribution in [0.1, 0.15) is 0 Å². The van der Waals surface area contributed by atoms with Crippen LogP contribution in [0.3, 0.4) is 0 Å². The maximum absolute atomic E-state index is 5.80. The highest BCUT2D eigenvalue weighted by molar-refractivity contribution is 14.1. The molecule has 0 saturated carbocycles. The van der Waals surface area contributed by atoms with E-state index in [0.29, 0.717) is 16.7 Å². The summed E-state index contributed by atoms with van der Waals surface area (Å²) in [4.78, 5) is 0. The zero-order valence-electron chi connectivity index (χ0n) is 9.22. The van der Waals surface area contributed by atoms with Gasteiger partial charge < -0.3 is 11.1 Å². The summed E-state index contributed by atoms with van der Waals surface area (Å²) in [6.07, 6.45) is 0. The fraction of sp³-hybridized carbons (Fsp3) is 0. The van der Waals surface area contributed by atoms with Gasteiger partial charge in [0.25, 0.3) is 0 Å². The van der Waals surface area contributed by atoms with Crippen LogP contribution in [0.15, 0.2) is 41.0 Å². The molecule has 5 nitrogen and oxygen atoms in total. The molecular weight excluding hydrogens is 343 g/mol. The molecule has 0 spiro atoms. The quantitative estimate of drug-likeness (QED) is 0.547. The number of fused-ring (bicyclic) bond motifs is 1. The first-order valence-electron chi connectivity index (χ1n) is 5.28. The highest BCUT2D eigenvalue weighted by atomic mass is 127. The lowest BCUT2D eigenvalue weighted by Gasteiger charge is -2.08. The molecule has 3 N–H and O–H groups in total. The second-order valence-corrected chi connectivity index (χ2v) is 4.93. The average molecular weight is 352 g/mol. The number of rotatable bonds is 2. The lowest BCUT2D eigenvalue weighted by Crippen LogP contribution is -1.95. The minimum atomic E-state index is 0.555. The molecule has 0 amide bonds. The summed E-state index contributed by atoms with van der Waals surface area (Å²) in [6, 6.07) is 11.6. The van der Waals surface area contributed by atoms with E-state index in [9.17, 15) is 0 Å². The molecule has 3 rings (SSSR count). The summed E-state index contributed by atoms with van der Waals surface area (Å²) in [7, 11) is 0. The van der Waals surface area contributed by atoms with Gasteiger partial charge in [0, 0.05) is 3.57 Å². The van der Waals surface area contributed by atoms with Gasteiger partial charge in [0.05, 0.1) is 17.1 Å². The lowest BCUT2D eigenvalue weighted by atomic mass is 10.2. The highest BCUT2D eigenvalue weighted by Crippen LogP contribution is 2.29. The Morgan fingerprint density at radius 2 is 1.78 bits per heavy atom. The Kier molecular flexibility index (Phi) is 2.78. The van der Waals surface area contributed by atoms with Gasteiger partial charge in [0.1, 0.15) is 0 Å². The summed E-state index contributed by atoms with van der Waals surface area (Å²) in [6.45, 7) is 0. The number of nitrogens with zero attached hydrogens (tertiary/aromatic N) is 2. The van der Waals surface area contributed by atoms with Crippen molar-refractivity contribution in [1.82, 2.24) is 10.3 Å². The summed E-state index contributed by atoms with van der Waals surface area (Å²) < 4.78 is 5.85. The van der Waals surface area contributed by atoms with Gasteiger partial charge in [-0.25, -0.2) is 4.63 Å². The normalized spacial score (nSPS) is 10.7. The van der Waals surface area contributed by atoms with Crippen LogP contribution in [0.5, 0.6) is 0 Å². The lowest BCUT2D eigenvalue weighted by molar-refractivity contribution is 0.316. The smallest absolute Gasteiger partial charge is 0.160 e. The predicted molar refractivity (Wildman–Crippen MR) is 78.7 cm³/mol. The molecule has 0 atom stereocenters. The van der Waals surface area contributed by atoms with E-state index in [1.54, 1.807) is 6.07 Å². The van der Waals surface area contributed by atoms with Crippen LogP contribution in [0.4, 0.5) is 17.1 Å². The third-order valence-corrected chi connectivity index (χ3v) is 3.53. The first-order chi connectivity index (χ1) is 8.75.